The van der Waals surface area contributed by atoms with E-state index in [9.17, 15) is 19.5 Å². The normalized spacial score (nSPS) is 11.5. The second-order valence-corrected chi connectivity index (χ2v) is 6.83. The van der Waals surface area contributed by atoms with Crippen molar-refractivity contribution in [1.29, 1.82) is 0 Å². The summed E-state index contributed by atoms with van der Waals surface area (Å²) >= 11 is 0. The van der Waals surface area contributed by atoms with Crippen LogP contribution in [0.25, 0.3) is 11.1 Å². The van der Waals surface area contributed by atoms with Crippen molar-refractivity contribution in [2.24, 2.45) is 5.73 Å². The van der Waals surface area contributed by atoms with Gasteiger partial charge in [0, 0.05) is 5.69 Å². The van der Waals surface area contributed by atoms with E-state index in [2.05, 4.69) is 15.2 Å². The third-order valence-corrected chi connectivity index (χ3v) is 4.58. The van der Waals surface area contributed by atoms with Crippen LogP contribution in [0.4, 0.5) is 10.5 Å². The van der Waals surface area contributed by atoms with Gasteiger partial charge >= 0.3 is 12.1 Å². The fourth-order valence-electron chi connectivity index (χ4n) is 3.06. The van der Waals surface area contributed by atoms with Gasteiger partial charge in [-0.15, -0.1) is 0 Å². The number of rotatable bonds is 7. The lowest BCUT2D eigenvalue weighted by atomic mass is 10.0. The smallest absolute Gasteiger partial charge is 0.411 e. The predicted molar refractivity (Wildman–Crippen MR) is 115 cm³/mol. The van der Waals surface area contributed by atoms with E-state index in [1.54, 1.807) is 30.3 Å². The number of aromatic nitrogens is 2. The van der Waals surface area contributed by atoms with Crippen LogP contribution in [0.15, 0.2) is 65.5 Å². The fourth-order valence-corrected chi connectivity index (χ4v) is 3.06. The summed E-state index contributed by atoms with van der Waals surface area (Å²) < 4.78 is 5.45. The van der Waals surface area contributed by atoms with Crippen molar-refractivity contribution in [2.45, 2.75) is 19.0 Å². The Balaban J connectivity index is 1.98. The summed E-state index contributed by atoms with van der Waals surface area (Å²) in [6.45, 7) is -0.584. The van der Waals surface area contributed by atoms with Gasteiger partial charge in [0.25, 0.3) is 5.56 Å². The highest BCUT2D eigenvalue weighted by Crippen LogP contribution is 2.22. The summed E-state index contributed by atoms with van der Waals surface area (Å²) in [5.74, 6) is -1.19. The van der Waals surface area contributed by atoms with Crippen LogP contribution in [0.3, 0.4) is 0 Å². The lowest BCUT2D eigenvalue weighted by Gasteiger charge is -2.15. The highest BCUT2D eigenvalue weighted by molar-refractivity contribution is 5.85. The zero-order valence-corrected chi connectivity index (χ0v) is 16.8. The number of carbonyl (C=O) groups excluding carboxylic acids is 1. The molecule has 9 heteroatoms. The van der Waals surface area contributed by atoms with Gasteiger partial charge < -0.3 is 15.6 Å². The quantitative estimate of drug-likeness (QED) is 0.532. The molecule has 0 spiro atoms. The van der Waals surface area contributed by atoms with Crippen LogP contribution in [0.1, 0.15) is 17.3 Å². The number of benzene rings is 2. The molecule has 3 rings (SSSR count). The van der Waals surface area contributed by atoms with Crippen LogP contribution < -0.4 is 16.6 Å². The standard InChI is InChI=1S/C22H22N4O5/c1-31-22(30)24-16-9-7-15(8-10-16)17-12-19(25-26(21(17)29)13-20(27)28)18(23)11-14-5-3-2-4-6-14/h2-10,12,18H,11,13,23H2,1H3,(H,24,30)(H,27,28)/t18-/m0/s1. The molecule has 1 atom stereocenters. The Labute approximate surface area is 178 Å². The highest BCUT2D eigenvalue weighted by Gasteiger charge is 2.17. The van der Waals surface area contributed by atoms with Crippen LogP contribution in [-0.2, 0) is 22.5 Å². The summed E-state index contributed by atoms with van der Waals surface area (Å²) in [6, 6.07) is 17.1. The molecule has 1 amide bonds. The number of anilines is 1. The van der Waals surface area contributed by atoms with Crippen LogP contribution in [0.5, 0.6) is 0 Å². The SMILES string of the molecule is COC(=O)Nc1ccc(-c2cc([C@@H](N)Cc3ccccc3)nn(CC(=O)O)c2=O)cc1. The molecule has 0 radical (unpaired) electrons. The van der Waals surface area contributed by atoms with Gasteiger partial charge in [0.2, 0.25) is 0 Å². The minimum Gasteiger partial charge on any atom is -0.480 e. The van der Waals surface area contributed by atoms with Gasteiger partial charge in [-0.2, -0.15) is 5.10 Å². The Morgan fingerprint density at radius 3 is 2.45 bits per heavy atom. The second-order valence-electron chi connectivity index (χ2n) is 6.83. The number of amides is 1. The van der Waals surface area contributed by atoms with Crippen molar-refractivity contribution in [1.82, 2.24) is 9.78 Å². The number of ether oxygens (including phenoxy) is 1. The third-order valence-electron chi connectivity index (χ3n) is 4.58. The number of carboxylic acids is 1. The van der Waals surface area contributed by atoms with E-state index in [0.717, 1.165) is 10.2 Å². The van der Waals surface area contributed by atoms with E-state index in [0.29, 0.717) is 23.4 Å². The van der Waals surface area contributed by atoms with Gasteiger partial charge in [0.05, 0.1) is 24.4 Å². The number of methoxy groups -OCH3 is 1. The average molecular weight is 422 g/mol. The number of hydrogen-bond donors (Lipinski definition) is 3. The lowest BCUT2D eigenvalue weighted by molar-refractivity contribution is -0.138. The Hall–Kier alpha value is -3.98. The molecule has 4 N–H and O–H groups in total. The van der Waals surface area contributed by atoms with Crippen LogP contribution in [0.2, 0.25) is 0 Å². The maximum Gasteiger partial charge on any atom is 0.411 e. The first kappa shape index (κ1) is 21.7. The highest BCUT2D eigenvalue weighted by atomic mass is 16.5. The first-order valence-corrected chi connectivity index (χ1v) is 9.46. The maximum atomic E-state index is 12.9. The molecule has 160 valence electrons. The number of carboxylic acid groups (broad SMARTS) is 1. The number of carbonyl (C=O) groups is 2. The lowest BCUT2D eigenvalue weighted by Crippen LogP contribution is -2.30. The molecule has 0 saturated heterocycles. The summed E-state index contributed by atoms with van der Waals surface area (Å²) in [4.78, 5) is 35.4. The van der Waals surface area contributed by atoms with E-state index in [4.69, 9.17) is 5.73 Å². The molecule has 0 unspecified atom stereocenters. The van der Waals surface area contributed by atoms with Crippen molar-refractivity contribution >= 4 is 17.7 Å². The van der Waals surface area contributed by atoms with Gasteiger partial charge in [-0.05, 0) is 35.7 Å². The minimum atomic E-state index is -1.19. The molecule has 31 heavy (non-hydrogen) atoms. The molecule has 0 aliphatic rings. The maximum absolute atomic E-state index is 12.9. The van der Waals surface area contributed by atoms with Crippen LogP contribution in [-0.4, -0.2) is 34.1 Å². The van der Waals surface area contributed by atoms with Gasteiger partial charge in [-0.3, -0.25) is 14.9 Å². The number of nitrogens with zero attached hydrogens (tertiary/aromatic N) is 2. The third kappa shape index (κ3) is 5.55. The zero-order valence-electron chi connectivity index (χ0n) is 16.8. The Bertz CT molecular complexity index is 1130. The molecular weight excluding hydrogens is 400 g/mol. The summed E-state index contributed by atoms with van der Waals surface area (Å²) in [5, 5.41) is 15.9. The fraction of sp³-hybridized carbons (Fsp3) is 0.182. The Morgan fingerprint density at radius 2 is 1.84 bits per heavy atom. The molecule has 2 aromatic carbocycles. The van der Waals surface area contributed by atoms with Crippen molar-refractivity contribution in [3.8, 4) is 11.1 Å². The number of nitrogens with one attached hydrogen (secondary N) is 1. The van der Waals surface area contributed by atoms with E-state index in [1.807, 2.05) is 30.3 Å². The average Bonchev–Trinajstić information content (AvgIpc) is 2.76. The topological polar surface area (TPSA) is 137 Å². The second kappa shape index (κ2) is 9.68. The molecule has 0 aliphatic carbocycles. The number of nitrogens with two attached hydrogens (primary N) is 1. The van der Waals surface area contributed by atoms with Gasteiger partial charge in [0.15, 0.2) is 0 Å². The largest absolute Gasteiger partial charge is 0.480 e. The van der Waals surface area contributed by atoms with Crippen LogP contribution in [0, 0.1) is 0 Å². The van der Waals surface area contributed by atoms with Gasteiger partial charge in [-0.1, -0.05) is 42.5 Å². The summed E-state index contributed by atoms with van der Waals surface area (Å²) in [7, 11) is 1.26. The number of hydrogen-bond acceptors (Lipinski definition) is 6. The van der Waals surface area contributed by atoms with Crippen molar-refractivity contribution in [2.75, 3.05) is 12.4 Å². The predicted octanol–water partition coefficient (Wildman–Crippen LogP) is 2.42. The Morgan fingerprint density at radius 1 is 1.16 bits per heavy atom. The molecular formula is C22H22N4O5. The monoisotopic (exact) mass is 422 g/mol. The van der Waals surface area contributed by atoms with Crippen molar-refractivity contribution in [3.05, 3.63) is 82.3 Å². The van der Waals surface area contributed by atoms with Gasteiger partial charge in [0.1, 0.15) is 6.54 Å². The molecule has 0 saturated carbocycles. The van der Waals surface area contributed by atoms with Crippen LogP contribution >= 0.6 is 0 Å². The zero-order chi connectivity index (χ0) is 22.4. The van der Waals surface area contributed by atoms with E-state index in [1.165, 1.54) is 7.11 Å². The summed E-state index contributed by atoms with van der Waals surface area (Å²) in [6.07, 6.45) is -0.143. The first-order valence-electron chi connectivity index (χ1n) is 9.46. The minimum absolute atomic E-state index is 0.263. The molecule has 0 bridgehead atoms. The molecule has 0 aliphatic heterocycles. The van der Waals surface area contributed by atoms with Crippen molar-refractivity contribution in [3.63, 3.8) is 0 Å². The molecule has 3 aromatic rings. The van der Waals surface area contributed by atoms with Gasteiger partial charge in [-0.25, -0.2) is 9.48 Å². The molecule has 1 heterocycles. The van der Waals surface area contributed by atoms with E-state index in [-0.39, 0.29) is 5.56 Å². The number of aliphatic carboxylic acids is 1. The molecule has 9 nitrogen and oxygen atoms in total. The van der Waals surface area contributed by atoms with E-state index >= 15 is 0 Å². The Kier molecular flexibility index (Phi) is 6.78. The summed E-state index contributed by atoms with van der Waals surface area (Å²) in [5.41, 5.74) is 8.46. The molecule has 1 aromatic heterocycles. The first-order chi connectivity index (χ1) is 14.9. The van der Waals surface area contributed by atoms with E-state index < -0.39 is 30.2 Å². The molecule has 0 fully saturated rings. The van der Waals surface area contributed by atoms with Crippen molar-refractivity contribution < 1.29 is 19.4 Å².